The number of nitrogens with zero attached hydrogens (tertiary/aromatic N) is 1. The van der Waals surface area contributed by atoms with E-state index in [0.717, 1.165) is 16.7 Å². The third-order valence-corrected chi connectivity index (χ3v) is 8.12. The molecule has 0 unspecified atom stereocenters. The highest BCUT2D eigenvalue weighted by atomic mass is 16.5. The Morgan fingerprint density at radius 3 is 2.12 bits per heavy atom. The highest BCUT2D eigenvalue weighted by Crippen LogP contribution is 2.50. The summed E-state index contributed by atoms with van der Waals surface area (Å²) in [5.74, 6) is -1.82. The fourth-order valence-corrected chi connectivity index (χ4v) is 6.36. The van der Waals surface area contributed by atoms with Gasteiger partial charge in [0, 0.05) is 46.9 Å². The second-order valence-corrected chi connectivity index (χ2v) is 10.9. The number of carbonyl (C=O) groups excluding carboxylic acids is 2. The van der Waals surface area contributed by atoms with Gasteiger partial charge in [-0.15, -0.1) is 6.58 Å². The molecule has 9 heteroatoms. The number of ether oxygens (including phenoxy) is 2. The molecule has 2 aromatic carbocycles. The zero-order valence-corrected chi connectivity index (χ0v) is 24.2. The van der Waals surface area contributed by atoms with Gasteiger partial charge in [0.05, 0.1) is 12.2 Å². The molecule has 0 saturated carbocycles. The number of hydrogen-bond acceptors (Lipinski definition) is 7. The fourth-order valence-electron chi connectivity index (χ4n) is 6.36. The number of carbonyl (C=O) groups is 4. The monoisotopic (exact) mass is 585 g/mol. The number of carboxylic acids is 2. The molecule has 0 spiro atoms. The molecule has 2 N–H and O–H groups in total. The van der Waals surface area contributed by atoms with Crippen molar-refractivity contribution in [2.24, 2.45) is 0 Å². The molecule has 2 aromatic rings. The van der Waals surface area contributed by atoms with Gasteiger partial charge in [-0.3, -0.25) is 14.4 Å². The van der Waals surface area contributed by atoms with E-state index in [9.17, 15) is 29.4 Å². The van der Waals surface area contributed by atoms with Crippen molar-refractivity contribution in [3.8, 4) is 11.5 Å². The first-order valence-corrected chi connectivity index (χ1v) is 14.6. The maximum Gasteiger partial charge on any atom is 0.335 e. The lowest BCUT2D eigenvalue weighted by molar-refractivity contribution is -0.138. The number of aliphatic carboxylic acids is 1. The zero-order chi connectivity index (χ0) is 30.7. The van der Waals surface area contributed by atoms with Crippen LogP contribution in [0.3, 0.4) is 0 Å². The van der Waals surface area contributed by atoms with Gasteiger partial charge in [-0.1, -0.05) is 24.3 Å². The van der Waals surface area contributed by atoms with Crippen LogP contribution in [-0.2, 0) is 27.4 Å². The molecule has 2 aliphatic carbocycles. The maximum absolute atomic E-state index is 13.6. The smallest absolute Gasteiger partial charge is 0.335 e. The molecule has 0 bridgehead atoms. The maximum atomic E-state index is 13.6. The molecule has 1 aliphatic heterocycles. The second-order valence-electron chi connectivity index (χ2n) is 10.9. The van der Waals surface area contributed by atoms with E-state index in [1.807, 2.05) is 19.1 Å². The number of aromatic carboxylic acids is 1. The van der Waals surface area contributed by atoms with Crippen LogP contribution in [0.4, 0.5) is 0 Å². The summed E-state index contributed by atoms with van der Waals surface area (Å²) in [5.41, 5.74) is 4.84. The highest BCUT2D eigenvalue weighted by molar-refractivity contribution is 6.06. The number of allylic oxidation sites excluding steroid dienone is 5. The minimum Gasteiger partial charge on any atom is -0.490 e. The third kappa shape index (κ3) is 5.98. The summed E-state index contributed by atoms with van der Waals surface area (Å²) in [4.78, 5) is 52.0. The molecule has 0 fully saturated rings. The van der Waals surface area contributed by atoms with Crippen LogP contribution in [0, 0.1) is 0 Å². The molecular formula is C34H35NO8. The van der Waals surface area contributed by atoms with Crippen LogP contribution < -0.4 is 9.47 Å². The van der Waals surface area contributed by atoms with Crippen LogP contribution >= 0.6 is 0 Å². The topological polar surface area (TPSA) is 130 Å². The Hall–Kier alpha value is -4.66. The van der Waals surface area contributed by atoms with Crippen molar-refractivity contribution in [2.75, 3.05) is 13.2 Å². The van der Waals surface area contributed by atoms with Crippen molar-refractivity contribution in [3.63, 3.8) is 0 Å². The Kier molecular flexibility index (Phi) is 8.80. The average Bonchev–Trinajstić information content (AvgIpc) is 2.97. The number of hydrogen-bond donors (Lipinski definition) is 2. The Morgan fingerprint density at radius 2 is 1.58 bits per heavy atom. The molecule has 224 valence electrons. The van der Waals surface area contributed by atoms with E-state index in [4.69, 9.17) is 9.47 Å². The summed E-state index contributed by atoms with van der Waals surface area (Å²) in [5, 5.41) is 18.9. The summed E-state index contributed by atoms with van der Waals surface area (Å²) in [6.45, 7) is 5.98. The van der Waals surface area contributed by atoms with Gasteiger partial charge < -0.3 is 24.6 Å². The Balaban J connectivity index is 1.63. The lowest BCUT2D eigenvalue weighted by Gasteiger charge is -2.43. The van der Waals surface area contributed by atoms with Crippen molar-refractivity contribution in [2.45, 2.75) is 64.4 Å². The number of Topliss-reactive ketones (excluding diaryl/α,β-unsaturated/α-hetero) is 2. The van der Waals surface area contributed by atoms with E-state index >= 15 is 0 Å². The SMILES string of the molecule is C=CCc1cc(C2C3=C(CCCC3=O)N(CC(=O)O)C3=C2C(=O)CCC3)cc(OCC)c1OCc1ccc(C(=O)O)cc1. The van der Waals surface area contributed by atoms with Crippen LogP contribution in [-0.4, -0.2) is 51.8 Å². The Labute approximate surface area is 250 Å². The Bertz CT molecular complexity index is 1500. The average molecular weight is 586 g/mol. The number of rotatable bonds is 11. The van der Waals surface area contributed by atoms with E-state index < -0.39 is 17.9 Å². The molecule has 5 rings (SSSR count). The van der Waals surface area contributed by atoms with Gasteiger partial charge in [-0.2, -0.15) is 0 Å². The van der Waals surface area contributed by atoms with E-state index in [2.05, 4.69) is 6.58 Å². The first-order valence-electron chi connectivity index (χ1n) is 14.6. The normalized spacial score (nSPS) is 17.0. The number of ketones is 2. The van der Waals surface area contributed by atoms with Gasteiger partial charge in [0.15, 0.2) is 23.1 Å². The van der Waals surface area contributed by atoms with Crippen LogP contribution in [0.1, 0.15) is 78.4 Å². The van der Waals surface area contributed by atoms with Gasteiger partial charge >= 0.3 is 11.9 Å². The summed E-state index contributed by atoms with van der Waals surface area (Å²) in [6.07, 6.45) is 5.24. The van der Waals surface area contributed by atoms with Crippen LogP contribution in [0.25, 0.3) is 0 Å². The van der Waals surface area contributed by atoms with Gasteiger partial charge in [-0.05, 0) is 68.4 Å². The number of carboxylic acid groups (broad SMARTS) is 2. The lowest BCUT2D eigenvalue weighted by atomic mass is 9.70. The molecular weight excluding hydrogens is 550 g/mol. The molecule has 0 saturated heterocycles. The van der Waals surface area contributed by atoms with E-state index in [1.54, 1.807) is 23.1 Å². The van der Waals surface area contributed by atoms with Crippen molar-refractivity contribution < 1.29 is 38.9 Å². The fraction of sp³-hybridized carbons (Fsp3) is 0.353. The molecule has 3 aliphatic rings. The summed E-state index contributed by atoms with van der Waals surface area (Å²) in [6, 6.07) is 10.2. The van der Waals surface area contributed by atoms with Gasteiger partial charge in [0.1, 0.15) is 13.2 Å². The van der Waals surface area contributed by atoms with Crippen LogP contribution in [0.5, 0.6) is 11.5 Å². The van der Waals surface area contributed by atoms with Crippen molar-refractivity contribution >= 4 is 23.5 Å². The van der Waals surface area contributed by atoms with Crippen molar-refractivity contribution in [1.82, 2.24) is 4.90 Å². The third-order valence-electron chi connectivity index (χ3n) is 8.12. The van der Waals surface area contributed by atoms with Crippen molar-refractivity contribution in [3.05, 3.63) is 93.8 Å². The second kappa shape index (κ2) is 12.7. The van der Waals surface area contributed by atoms with E-state index in [0.29, 0.717) is 85.6 Å². The predicted octanol–water partition coefficient (Wildman–Crippen LogP) is 5.59. The molecule has 0 radical (unpaired) electrons. The largest absolute Gasteiger partial charge is 0.490 e. The summed E-state index contributed by atoms with van der Waals surface area (Å²) >= 11 is 0. The van der Waals surface area contributed by atoms with Gasteiger partial charge in [0.25, 0.3) is 0 Å². The van der Waals surface area contributed by atoms with Gasteiger partial charge in [0.2, 0.25) is 0 Å². The highest BCUT2D eigenvalue weighted by Gasteiger charge is 2.44. The van der Waals surface area contributed by atoms with E-state index in [-0.39, 0.29) is 30.3 Å². The van der Waals surface area contributed by atoms with Crippen LogP contribution in [0.2, 0.25) is 0 Å². The molecule has 0 amide bonds. The number of benzene rings is 2. The standard InChI is InChI=1S/C34H35NO8/c1-3-7-22-16-23(17-28(42-4-2)33(22)43-19-20-12-14-21(15-13-20)34(40)41)30-31-24(8-5-10-26(31)36)35(18-29(38)39)25-9-6-11-27(37)32(25)30/h3,12-17,30H,1,4-11,18-19H2,2H3,(H,38,39)(H,40,41). The first-order chi connectivity index (χ1) is 20.7. The predicted molar refractivity (Wildman–Crippen MR) is 158 cm³/mol. The zero-order valence-electron chi connectivity index (χ0n) is 24.2. The van der Waals surface area contributed by atoms with E-state index in [1.165, 1.54) is 12.1 Å². The quantitative estimate of drug-likeness (QED) is 0.324. The molecule has 9 nitrogen and oxygen atoms in total. The molecule has 0 atom stereocenters. The lowest BCUT2D eigenvalue weighted by Crippen LogP contribution is -2.41. The summed E-state index contributed by atoms with van der Waals surface area (Å²) in [7, 11) is 0. The minimum absolute atomic E-state index is 0.0695. The molecule has 1 heterocycles. The van der Waals surface area contributed by atoms with Crippen molar-refractivity contribution in [1.29, 1.82) is 0 Å². The molecule has 43 heavy (non-hydrogen) atoms. The summed E-state index contributed by atoms with van der Waals surface area (Å²) < 4.78 is 12.3. The molecule has 0 aromatic heterocycles. The van der Waals surface area contributed by atoms with Crippen LogP contribution in [0.15, 0.2) is 71.6 Å². The Morgan fingerprint density at radius 1 is 0.953 bits per heavy atom. The first kappa shape index (κ1) is 29.8. The van der Waals surface area contributed by atoms with Gasteiger partial charge in [-0.25, -0.2) is 4.79 Å². The minimum atomic E-state index is -1.01.